The number of thioether (sulfide) groups is 1. The van der Waals surface area contributed by atoms with Crippen molar-refractivity contribution in [1.29, 1.82) is 0 Å². The summed E-state index contributed by atoms with van der Waals surface area (Å²) in [5.41, 5.74) is 5.49. The second-order valence-electron chi connectivity index (χ2n) is 1.98. The molecule has 0 bridgehead atoms. The third kappa shape index (κ3) is 2.09. The molecule has 1 aromatic rings. The molecule has 4 N–H and O–H groups in total. The van der Waals surface area contributed by atoms with Crippen LogP contribution < -0.4 is 35.1 Å². The Hall–Kier alpha value is -0.310. The van der Waals surface area contributed by atoms with Gasteiger partial charge < -0.3 is 29.7 Å². The van der Waals surface area contributed by atoms with Gasteiger partial charge in [0.1, 0.15) is 0 Å². The summed E-state index contributed by atoms with van der Waals surface area (Å²) < 4.78 is 1.60. The number of hydrogen-bond donors (Lipinski definition) is 2. The van der Waals surface area contributed by atoms with Crippen molar-refractivity contribution in [3.8, 4) is 0 Å². The summed E-state index contributed by atoms with van der Waals surface area (Å²) in [6.07, 6.45) is 1.87. The molecule has 12 heavy (non-hydrogen) atoms. The fourth-order valence-electron chi connectivity index (χ4n) is 0.742. The van der Waals surface area contributed by atoms with Crippen molar-refractivity contribution in [1.82, 2.24) is 14.8 Å². The molecule has 0 saturated carbocycles. The van der Waals surface area contributed by atoms with E-state index in [2.05, 4.69) is 10.2 Å². The quantitative estimate of drug-likeness (QED) is 0.287. The first-order valence-electron chi connectivity index (χ1n) is 3.01. The highest BCUT2D eigenvalue weighted by Crippen LogP contribution is 2.05. The van der Waals surface area contributed by atoms with E-state index in [9.17, 15) is 0 Å². The highest BCUT2D eigenvalue weighted by atomic mass is 127. The first-order chi connectivity index (χ1) is 5.16. The smallest absolute Gasteiger partial charge is 0.317 e. The van der Waals surface area contributed by atoms with Crippen LogP contribution >= 0.6 is 11.8 Å². The van der Waals surface area contributed by atoms with Gasteiger partial charge in [-0.2, -0.15) is 0 Å². The molecular weight excluding hydrogens is 289 g/mol. The molecule has 1 rings (SSSR count). The fraction of sp³-hybridized carbons (Fsp3) is 0.400. The summed E-state index contributed by atoms with van der Waals surface area (Å²) in [6.45, 7) is 1.80. The third-order valence-electron chi connectivity index (χ3n) is 1.28. The van der Waals surface area contributed by atoms with Crippen molar-refractivity contribution in [2.24, 2.45) is 0 Å². The Bertz CT molecular complexity index is 264. The molecule has 0 saturated heterocycles. The predicted octanol–water partition coefficient (Wildman–Crippen LogP) is -4.50. The van der Waals surface area contributed by atoms with Crippen molar-refractivity contribution in [2.75, 3.05) is 12.0 Å². The van der Waals surface area contributed by atoms with Gasteiger partial charge in [-0.3, -0.25) is 5.41 Å². The standard InChI is InChI=1S/C5H9N5S.HI/c1-3-8-9-4(6)10(3)5(7)11-2;/h7H,1-2H3,(H2,6,9);1H. The summed E-state index contributed by atoms with van der Waals surface area (Å²) in [5.74, 6) is 1.03. The number of anilines is 1. The van der Waals surface area contributed by atoms with E-state index in [1.807, 2.05) is 6.26 Å². The zero-order valence-electron chi connectivity index (χ0n) is 6.78. The fourth-order valence-corrected chi connectivity index (χ4v) is 1.15. The van der Waals surface area contributed by atoms with Gasteiger partial charge in [-0.25, -0.2) is 0 Å². The van der Waals surface area contributed by atoms with Crippen LogP contribution in [0, 0.1) is 6.92 Å². The van der Waals surface area contributed by atoms with Crippen LogP contribution in [-0.4, -0.2) is 26.2 Å². The number of nitrogens with two attached hydrogens (primary N) is 2. The maximum atomic E-state index is 5.62. The number of nitrogen functional groups attached to an aromatic ring is 1. The molecule has 0 aromatic carbocycles. The number of halogens is 1. The third-order valence-corrected chi connectivity index (χ3v) is 1.88. The first-order valence-corrected chi connectivity index (χ1v) is 4.23. The van der Waals surface area contributed by atoms with E-state index in [-0.39, 0.29) is 24.0 Å². The van der Waals surface area contributed by atoms with Crippen LogP contribution in [0.2, 0.25) is 0 Å². The van der Waals surface area contributed by atoms with Gasteiger partial charge >= 0.3 is 11.1 Å². The van der Waals surface area contributed by atoms with Gasteiger partial charge in [0.15, 0.2) is 0 Å². The Balaban J connectivity index is 0.00000121. The maximum absolute atomic E-state index is 5.62. The zero-order valence-corrected chi connectivity index (χ0v) is 9.76. The first kappa shape index (κ1) is 11.7. The lowest BCUT2D eigenvalue weighted by atomic mass is 10.7. The van der Waals surface area contributed by atoms with Crippen molar-refractivity contribution in [2.45, 2.75) is 6.92 Å². The average Bonchev–Trinajstić information content (AvgIpc) is 2.30. The summed E-state index contributed by atoms with van der Waals surface area (Å²) in [6, 6.07) is 0. The zero-order chi connectivity index (χ0) is 8.43. The SMILES string of the molecule is CSC(=[NH2+])n1c(C)nnc1N.[I-]. The van der Waals surface area contributed by atoms with Crippen LogP contribution in [0.15, 0.2) is 0 Å². The van der Waals surface area contributed by atoms with E-state index in [0.29, 0.717) is 16.9 Å². The molecule has 1 aromatic heterocycles. The van der Waals surface area contributed by atoms with Gasteiger partial charge in [-0.05, 0) is 18.0 Å². The molecule has 0 aliphatic rings. The van der Waals surface area contributed by atoms with Crippen LogP contribution in [0.25, 0.3) is 0 Å². The maximum Gasteiger partial charge on any atom is 0.317 e. The number of aromatic nitrogens is 3. The summed E-state index contributed by atoms with van der Waals surface area (Å²) in [5, 5.41) is 13.6. The number of hydrogen-bond acceptors (Lipinski definition) is 4. The van der Waals surface area contributed by atoms with Crippen molar-refractivity contribution >= 4 is 22.9 Å². The largest absolute Gasteiger partial charge is 1.00 e. The van der Waals surface area contributed by atoms with Crippen LogP contribution in [0.5, 0.6) is 0 Å². The van der Waals surface area contributed by atoms with Crippen molar-refractivity contribution in [3.63, 3.8) is 0 Å². The van der Waals surface area contributed by atoms with Crippen LogP contribution in [0.4, 0.5) is 5.95 Å². The van der Waals surface area contributed by atoms with Gasteiger partial charge in [0.05, 0.1) is 0 Å². The molecular formula is C5H10IN5S. The minimum atomic E-state index is 0. The van der Waals surface area contributed by atoms with E-state index in [1.54, 1.807) is 11.5 Å². The van der Waals surface area contributed by atoms with Gasteiger partial charge in [-0.1, -0.05) is 5.10 Å². The minimum absolute atomic E-state index is 0. The minimum Gasteiger partial charge on any atom is -1.00 e. The Morgan fingerprint density at radius 1 is 1.58 bits per heavy atom. The highest BCUT2D eigenvalue weighted by Gasteiger charge is 2.16. The highest BCUT2D eigenvalue weighted by molar-refractivity contribution is 8.13. The van der Waals surface area contributed by atoms with E-state index >= 15 is 0 Å². The molecule has 0 atom stereocenters. The van der Waals surface area contributed by atoms with Gasteiger partial charge in [0.25, 0.3) is 0 Å². The second kappa shape index (κ2) is 4.65. The Morgan fingerprint density at radius 3 is 2.50 bits per heavy atom. The summed E-state index contributed by atoms with van der Waals surface area (Å²) >= 11 is 1.41. The normalized spacial score (nSPS) is 9.17. The molecule has 7 heteroatoms. The van der Waals surface area contributed by atoms with Crippen LogP contribution in [0.1, 0.15) is 5.82 Å². The van der Waals surface area contributed by atoms with E-state index < -0.39 is 0 Å². The summed E-state index contributed by atoms with van der Waals surface area (Å²) in [4.78, 5) is 0. The lowest BCUT2D eigenvalue weighted by molar-refractivity contribution is -0.112. The van der Waals surface area contributed by atoms with E-state index in [1.165, 1.54) is 11.8 Å². The lowest BCUT2D eigenvalue weighted by Gasteiger charge is -1.93. The van der Waals surface area contributed by atoms with Gasteiger partial charge in [0.2, 0.25) is 5.82 Å². The molecule has 0 aliphatic carbocycles. The second-order valence-corrected chi connectivity index (χ2v) is 2.81. The Kier molecular flexibility index (Phi) is 4.53. The van der Waals surface area contributed by atoms with Crippen LogP contribution in [0.3, 0.4) is 0 Å². The monoisotopic (exact) mass is 299 g/mol. The average molecular weight is 299 g/mol. The molecule has 5 nitrogen and oxygen atoms in total. The van der Waals surface area contributed by atoms with Crippen molar-refractivity contribution < 1.29 is 29.4 Å². The number of rotatable bonds is 0. The number of aryl methyl sites for hydroxylation is 1. The molecule has 1 heterocycles. The molecule has 0 spiro atoms. The molecule has 0 fully saturated rings. The molecule has 68 valence electrons. The molecule has 0 radical (unpaired) electrons. The summed E-state index contributed by atoms with van der Waals surface area (Å²) in [7, 11) is 0. The van der Waals surface area contributed by atoms with E-state index in [4.69, 9.17) is 11.1 Å². The Morgan fingerprint density at radius 2 is 2.17 bits per heavy atom. The van der Waals surface area contributed by atoms with E-state index in [0.717, 1.165) is 0 Å². The molecule has 0 aliphatic heterocycles. The molecule has 0 amide bonds. The van der Waals surface area contributed by atoms with Crippen molar-refractivity contribution in [3.05, 3.63) is 5.82 Å². The molecule has 0 unspecified atom stereocenters. The van der Waals surface area contributed by atoms with Gasteiger partial charge in [0, 0.05) is 6.92 Å². The Labute approximate surface area is 91.6 Å². The number of nitrogens with zero attached hydrogens (tertiary/aromatic N) is 3. The predicted molar refractivity (Wildman–Crippen MR) is 45.0 cm³/mol. The van der Waals surface area contributed by atoms with Crippen LogP contribution in [-0.2, 0) is 0 Å². The topological polar surface area (TPSA) is 82.3 Å². The van der Waals surface area contributed by atoms with Gasteiger partial charge in [-0.15, -0.1) is 9.67 Å². The lowest BCUT2D eigenvalue weighted by Crippen LogP contribution is -3.00.